The molecule has 68 valence electrons. The zero-order valence-electron chi connectivity index (χ0n) is 6.59. The molecule has 0 fully saturated rings. The number of nitrogens with zero attached hydrogens (tertiary/aromatic N) is 1. The van der Waals surface area contributed by atoms with Crippen molar-refractivity contribution in [1.29, 1.82) is 0 Å². The van der Waals surface area contributed by atoms with Crippen LogP contribution in [0.2, 0.25) is 0 Å². The molecule has 0 saturated heterocycles. The quantitative estimate of drug-likeness (QED) is 0.364. The number of aliphatic imine (C=N–C) groups is 1. The maximum Gasteiger partial charge on any atom is 0.324 e. The van der Waals surface area contributed by atoms with E-state index in [0.29, 0.717) is 19.4 Å². The molecule has 0 bridgehead atoms. The van der Waals surface area contributed by atoms with E-state index in [1.165, 1.54) is 6.08 Å². The van der Waals surface area contributed by atoms with Crippen molar-refractivity contribution in [1.82, 2.24) is 0 Å². The van der Waals surface area contributed by atoms with Crippen LogP contribution in [0.3, 0.4) is 0 Å². The van der Waals surface area contributed by atoms with Gasteiger partial charge in [-0.2, -0.15) is 0 Å². The highest BCUT2D eigenvalue weighted by atomic mass is 35.5. The summed E-state index contributed by atoms with van der Waals surface area (Å²) >= 11 is 4.80. The van der Waals surface area contributed by atoms with Crippen LogP contribution in [0.25, 0.3) is 0 Å². The molecule has 0 rings (SSSR count). The molecular formula is C7H10ClNO3. The van der Waals surface area contributed by atoms with Gasteiger partial charge in [0.05, 0.1) is 6.54 Å². The van der Waals surface area contributed by atoms with Gasteiger partial charge in [0.15, 0.2) is 0 Å². The van der Waals surface area contributed by atoms with Crippen molar-refractivity contribution in [2.24, 2.45) is 4.99 Å². The maximum atomic E-state index is 10.5. The second kappa shape index (κ2) is 8.24. The highest BCUT2D eigenvalue weighted by Gasteiger charge is 1.99. The van der Waals surface area contributed by atoms with E-state index < -0.39 is 5.97 Å². The smallest absolute Gasteiger partial charge is 0.324 e. The van der Waals surface area contributed by atoms with Crippen molar-refractivity contribution in [2.45, 2.75) is 25.7 Å². The van der Waals surface area contributed by atoms with Crippen LogP contribution >= 0.6 is 11.9 Å². The molecule has 0 N–H and O–H groups in total. The van der Waals surface area contributed by atoms with Crippen molar-refractivity contribution in [3.63, 3.8) is 0 Å². The van der Waals surface area contributed by atoms with Gasteiger partial charge in [-0.05, 0) is 12.8 Å². The second-order valence-corrected chi connectivity index (χ2v) is 2.39. The van der Waals surface area contributed by atoms with Gasteiger partial charge in [-0.15, -0.1) is 0 Å². The largest absolute Gasteiger partial charge is 0.348 e. The van der Waals surface area contributed by atoms with Crippen LogP contribution < -0.4 is 0 Å². The van der Waals surface area contributed by atoms with E-state index >= 15 is 0 Å². The van der Waals surface area contributed by atoms with E-state index in [0.717, 1.165) is 12.8 Å². The van der Waals surface area contributed by atoms with Crippen LogP contribution in [0.1, 0.15) is 25.7 Å². The van der Waals surface area contributed by atoms with Crippen LogP contribution in [0.4, 0.5) is 0 Å². The van der Waals surface area contributed by atoms with Gasteiger partial charge < -0.3 is 4.29 Å². The summed E-state index contributed by atoms with van der Waals surface area (Å²) < 4.78 is 3.93. The summed E-state index contributed by atoms with van der Waals surface area (Å²) in [4.78, 5) is 23.4. The molecule has 12 heavy (non-hydrogen) atoms. The average molecular weight is 192 g/mol. The lowest BCUT2D eigenvalue weighted by Crippen LogP contribution is -1.96. The molecule has 0 spiro atoms. The molecule has 0 aliphatic carbocycles. The summed E-state index contributed by atoms with van der Waals surface area (Å²) in [6.07, 6.45) is 4.08. The molecule has 0 saturated carbocycles. The van der Waals surface area contributed by atoms with Crippen LogP contribution in [0, 0.1) is 0 Å². The topological polar surface area (TPSA) is 55.7 Å². The lowest BCUT2D eigenvalue weighted by atomic mass is 10.2. The third-order valence-electron chi connectivity index (χ3n) is 1.30. The monoisotopic (exact) mass is 191 g/mol. The predicted molar refractivity (Wildman–Crippen MR) is 43.4 cm³/mol. The summed E-state index contributed by atoms with van der Waals surface area (Å²) in [6.45, 7) is 0.472. The molecule has 0 unspecified atom stereocenters. The number of isocyanates is 1. The molecule has 0 aromatic heterocycles. The molecule has 4 nitrogen and oxygen atoms in total. The molecule has 0 aromatic rings. The van der Waals surface area contributed by atoms with Crippen molar-refractivity contribution >= 4 is 23.9 Å². The SMILES string of the molecule is O=C=NCCCCCC(=O)OCl. The fourth-order valence-electron chi connectivity index (χ4n) is 0.721. The van der Waals surface area contributed by atoms with Gasteiger partial charge >= 0.3 is 5.97 Å². The molecular weight excluding hydrogens is 182 g/mol. The number of rotatable bonds is 6. The molecule has 0 aliphatic rings. The van der Waals surface area contributed by atoms with Gasteiger partial charge in [-0.25, -0.2) is 9.79 Å². The Morgan fingerprint density at radius 2 is 2.17 bits per heavy atom. The van der Waals surface area contributed by atoms with E-state index in [-0.39, 0.29) is 0 Å². The fourth-order valence-corrected chi connectivity index (χ4v) is 0.798. The van der Waals surface area contributed by atoms with Crippen molar-refractivity contribution < 1.29 is 13.9 Å². The second-order valence-electron chi connectivity index (χ2n) is 2.23. The Morgan fingerprint density at radius 1 is 1.42 bits per heavy atom. The van der Waals surface area contributed by atoms with Crippen molar-refractivity contribution in [2.75, 3.05) is 6.54 Å². The number of hydrogen-bond donors (Lipinski definition) is 0. The van der Waals surface area contributed by atoms with Gasteiger partial charge in [0.1, 0.15) is 11.9 Å². The van der Waals surface area contributed by atoms with Crippen molar-refractivity contribution in [3.8, 4) is 0 Å². The molecule has 0 heterocycles. The first-order valence-corrected chi connectivity index (χ1v) is 3.97. The summed E-state index contributed by atoms with van der Waals surface area (Å²) in [5, 5.41) is 0. The van der Waals surface area contributed by atoms with E-state index in [2.05, 4.69) is 9.28 Å². The van der Waals surface area contributed by atoms with E-state index in [1.54, 1.807) is 0 Å². The van der Waals surface area contributed by atoms with E-state index in [1.807, 2.05) is 0 Å². The Bertz CT molecular complexity index is 177. The summed E-state index contributed by atoms with van der Waals surface area (Å²) in [5.74, 6) is -0.421. The number of halogens is 1. The van der Waals surface area contributed by atoms with Gasteiger partial charge in [-0.1, -0.05) is 6.42 Å². The minimum Gasteiger partial charge on any atom is -0.348 e. The normalized spacial score (nSPS) is 8.75. The lowest BCUT2D eigenvalue weighted by Gasteiger charge is -1.95. The van der Waals surface area contributed by atoms with Gasteiger partial charge in [0.25, 0.3) is 0 Å². The molecule has 0 radical (unpaired) electrons. The summed E-state index contributed by atoms with van der Waals surface area (Å²) in [7, 11) is 0. The van der Waals surface area contributed by atoms with Crippen LogP contribution in [-0.2, 0) is 13.9 Å². The Morgan fingerprint density at radius 3 is 2.75 bits per heavy atom. The maximum absolute atomic E-state index is 10.5. The highest BCUT2D eigenvalue weighted by molar-refractivity contribution is 6.13. The molecule has 0 atom stereocenters. The van der Waals surface area contributed by atoms with E-state index in [9.17, 15) is 9.59 Å². The average Bonchev–Trinajstić information content (AvgIpc) is 2.10. The Hall–Kier alpha value is -0.860. The third kappa shape index (κ3) is 7.25. The fraction of sp³-hybridized carbons (Fsp3) is 0.714. The first-order chi connectivity index (χ1) is 5.81. The lowest BCUT2D eigenvalue weighted by molar-refractivity contribution is -0.134. The first kappa shape index (κ1) is 11.1. The minimum absolute atomic E-state index is 0.314. The van der Waals surface area contributed by atoms with Crippen LogP contribution in [-0.4, -0.2) is 18.6 Å². The number of carbonyl (C=O) groups is 1. The molecule has 0 amide bonds. The van der Waals surface area contributed by atoms with Gasteiger partial charge in [0, 0.05) is 6.42 Å². The molecule has 5 heteroatoms. The Kier molecular flexibility index (Phi) is 7.65. The van der Waals surface area contributed by atoms with Gasteiger partial charge in [-0.3, -0.25) is 4.79 Å². The van der Waals surface area contributed by atoms with Crippen LogP contribution in [0.5, 0.6) is 0 Å². The zero-order chi connectivity index (χ0) is 9.23. The molecule has 0 aromatic carbocycles. The van der Waals surface area contributed by atoms with Crippen molar-refractivity contribution in [3.05, 3.63) is 0 Å². The predicted octanol–water partition coefficient (Wildman–Crippen LogP) is 1.58. The highest BCUT2D eigenvalue weighted by Crippen LogP contribution is 2.01. The Labute approximate surface area is 75.7 Å². The zero-order valence-corrected chi connectivity index (χ0v) is 7.34. The number of unbranched alkanes of at least 4 members (excludes halogenated alkanes) is 2. The standard InChI is InChI=1S/C7H10ClNO3/c8-12-7(11)4-2-1-3-5-9-6-10/h1-5H2. The number of hydrogen-bond acceptors (Lipinski definition) is 4. The number of carbonyl (C=O) groups excluding carboxylic acids is 2. The third-order valence-corrected chi connectivity index (χ3v) is 1.47. The minimum atomic E-state index is -0.421. The Balaban J connectivity index is 3.10. The summed E-state index contributed by atoms with van der Waals surface area (Å²) in [5.41, 5.74) is 0. The first-order valence-electron chi connectivity index (χ1n) is 3.66. The summed E-state index contributed by atoms with van der Waals surface area (Å²) in [6, 6.07) is 0. The van der Waals surface area contributed by atoms with Crippen LogP contribution in [0.15, 0.2) is 4.99 Å². The van der Waals surface area contributed by atoms with Gasteiger partial charge in [0.2, 0.25) is 6.08 Å². The van der Waals surface area contributed by atoms with E-state index in [4.69, 9.17) is 11.9 Å². The molecule has 0 aliphatic heterocycles.